The molecule has 150 valence electrons. The maximum atomic E-state index is 12.9. The van der Waals surface area contributed by atoms with Crippen LogP contribution >= 0.6 is 0 Å². The molecule has 0 spiro atoms. The highest BCUT2D eigenvalue weighted by Gasteiger charge is 2.31. The summed E-state index contributed by atoms with van der Waals surface area (Å²) in [7, 11) is 0. The molecule has 1 aliphatic rings. The maximum Gasteiger partial charge on any atom is 0.416 e. The van der Waals surface area contributed by atoms with Crippen LogP contribution in [0.3, 0.4) is 0 Å². The lowest BCUT2D eigenvalue weighted by Crippen LogP contribution is -2.50. The fourth-order valence-corrected chi connectivity index (χ4v) is 3.35. The van der Waals surface area contributed by atoms with Crippen molar-refractivity contribution in [3.05, 3.63) is 59.2 Å². The Bertz CT molecular complexity index is 824. The van der Waals surface area contributed by atoms with Gasteiger partial charge in [0.1, 0.15) is 5.75 Å². The number of amides is 1. The minimum atomic E-state index is -4.36. The van der Waals surface area contributed by atoms with Crippen molar-refractivity contribution in [2.75, 3.05) is 37.7 Å². The Kier molecular flexibility index (Phi) is 5.82. The Morgan fingerprint density at radius 3 is 2.25 bits per heavy atom. The van der Waals surface area contributed by atoms with E-state index in [4.69, 9.17) is 4.74 Å². The van der Waals surface area contributed by atoms with Crippen LogP contribution in [0.25, 0.3) is 0 Å². The van der Waals surface area contributed by atoms with Crippen LogP contribution in [-0.2, 0) is 11.0 Å². The number of piperazine rings is 1. The summed E-state index contributed by atoms with van der Waals surface area (Å²) in [6.45, 7) is 5.75. The molecule has 2 aromatic carbocycles. The Morgan fingerprint density at radius 1 is 1.00 bits per heavy atom. The van der Waals surface area contributed by atoms with E-state index in [9.17, 15) is 18.0 Å². The Labute approximate surface area is 162 Å². The molecule has 0 atom stereocenters. The summed E-state index contributed by atoms with van der Waals surface area (Å²) >= 11 is 0. The van der Waals surface area contributed by atoms with Gasteiger partial charge in [0.05, 0.1) is 5.56 Å². The molecule has 3 rings (SSSR count). The molecular formula is C21H23F3N2O2. The van der Waals surface area contributed by atoms with Crippen molar-refractivity contribution in [1.82, 2.24) is 4.90 Å². The zero-order chi connectivity index (χ0) is 20.3. The van der Waals surface area contributed by atoms with Crippen LogP contribution in [-0.4, -0.2) is 43.6 Å². The van der Waals surface area contributed by atoms with Crippen LogP contribution in [0, 0.1) is 13.8 Å². The molecule has 1 aliphatic heterocycles. The monoisotopic (exact) mass is 392 g/mol. The fraction of sp³-hybridized carbons (Fsp3) is 0.381. The Morgan fingerprint density at radius 2 is 1.64 bits per heavy atom. The van der Waals surface area contributed by atoms with Crippen molar-refractivity contribution >= 4 is 11.6 Å². The SMILES string of the molecule is Cc1cc(C)cc(OCC(=O)N2CCN(c3cccc(C(F)(F)F)c3)CC2)c1. The number of anilines is 1. The summed E-state index contributed by atoms with van der Waals surface area (Å²) in [6, 6.07) is 11.1. The lowest BCUT2D eigenvalue weighted by molar-refractivity contribution is -0.137. The number of rotatable bonds is 4. The van der Waals surface area contributed by atoms with Gasteiger partial charge in [-0.25, -0.2) is 0 Å². The summed E-state index contributed by atoms with van der Waals surface area (Å²) in [5.41, 5.74) is 1.99. The van der Waals surface area contributed by atoms with E-state index < -0.39 is 11.7 Å². The smallest absolute Gasteiger partial charge is 0.416 e. The predicted octanol–water partition coefficient (Wildman–Crippen LogP) is 4.05. The van der Waals surface area contributed by atoms with Gasteiger partial charge < -0.3 is 14.5 Å². The van der Waals surface area contributed by atoms with E-state index in [0.717, 1.165) is 23.3 Å². The highest BCUT2D eigenvalue weighted by molar-refractivity contribution is 5.78. The molecule has 0 aromatic heterocycles. The lowest BCUT2D eigenvalue weighted by Gasteiger charge is -2.36. The third kappa shape index (κ3) is 4.97. The van der Waals surface area contributed by atoms with E-state index >= 15 is 0 Å². The third-order valence-electron chi connectivity index (χ3n) is 4.73. The molecule has 1 amide bonds. The van der Waals surface area contributed by atoms with Crippen LogP contribution in [0.2, 0.25) is 0 Å². The molecule has 1 fully saturated rings. The molecule has 0 saturated carbocycles. The van der Waals surface area contributed by atoms with Gasteiger partial charge >= 0.3 is 6.18 Å². The fourth-order valence-electron chi connectivity index (χ4n) is 3.35. The number of carbonyl (C=O) groups excluding carboxylic acids is 1. The van der Waals surface area contributed by atoms with Gasteiger partial charge in [-0.3, -0.25) is 4.79 Å². The van der Waals surface area contributed by atoms with Crippen molar-refractivity contribution in [3.63, 3.8) is 0 Å². The van der Waals surface area contributed by atoms with Crippen LogP contribution in [0.5, 0.6) is 5.75 Å². The number of hydrogen-bond donors (Lipinski definition) is 0. The van der Waals surface area contributed by atoms with Gasteiger partial charge in [0, 0.05) is 31.9 Å². The number of carbonyl (C=O) groups is 1. The second-order valence-electron chi connectivity index (χ2n) is 7.03. The predicted molar refractivity (Wildman–Crippen MR) is 102 cm³/mol. The first-order chi connectivity index (χ1) is 13.2. The number of ether oxygens (including phenoxy) is 1. The average Bonchev–Trinajstić information content (AvgIpc) is 2.65. The largest absolute Gasteiger partial charge is 0.484 e. The van der Waals surface area contributed by atoms with Crippen molar-refractivity contribution < 1.29 is 22.7 Å². The van der Waals surface area contributed by atoms with E-state index in [1.165, 1.54) is 6.07 Å². The van der Waals surface area contributed by atoms with Crippen LogP contribution in [0.15, 0.2) is 42.5 Å². The van der Waals surface area contributed by atoms with Crippen molar-refractivity contribution in [2.24, 2.45) is 0 Å². The molecule has 2 aromatic rings. The summed E-state index contributed by atoms with van der Waals surface area (Å²) in [5.74, 6) is 0.538. The van der Waals surface area contributed by atoms with Crippen LogP contribution in [0.1, 0.15) is 16.7 Å². The number of aryl methyl sites for hydroxylation is 2. The van der Waals surface area contributed by atoms with Gasteiger partial charge in [-0.1, -0.05) is 12.1 Å². The number of alkyl halides is 3. The molecule has 0 aliphatic carbocycles. The van der Waals surface area contributed by atoms with Gasteiger partial charge in [0.15, 0.2) is 6.61 Å². The summed E-state index contributed by atoms with van der Waals surface area (Å²) in [5, 5.41) is 0. The van der Waals surface area contributed by atoms with Crippen molar-refractivity contribution in [2.45, 2.75) is 20.0 Å². The standard InChI is InChI=1S/C21H23F3N2O2/c1-15-10-16(2)12-19(11-15)28-14-20(27)26-8-6-25(7-9-26)18-5-3-4-17(13-18)21(22,23)24/h3-5,10-13H,6-9,14H2,1-2H3. The number of benzene rings is 2. The normalized spacial score (nSPS) is 14.9. The minimum Gasteiger partial charge on any atom is -0.484 e. The van der Waals surface area contributed by atoms with E-state index in [1.54, 1.807) is 11.0 Å². The molecular weight excluding hydrogens is 369 g/mol. The van der Waals surface area contributed by atoms with Crippen molar-refractivity contribution in [3.8, 4) is 5.75 Å². The van der Waals surface area contributed by atoms with E-state index in [0.29, 0.717) is 37.6 Å². The first-order valence-electron chi connectivity index (χ1n) is 9.13. The topological polar surface area (TPSA) is 32.8 Å². The average molecular weight is 392 g/mol. The second-order valence-corrected chi connectivity index (χ2v) is 7.03. The maximum absolute atomic E-state index is 12.9. The van der Waals surface area contributed by atoms with Crippen molar-refractivity contribution in [1.29, 1.82) is 0 Å². The first-order valence-corrected chi connectivity index (χ1v) is 9.13. The molecule has 28 heavy (non-hydrogen) atoms. The molecule has 1 heterocycles. The quantitative estimate of drug-likeness (QED) is 0.787. The number of hydrogen-bond acceptors (Lipinski definition) is 3. The minimum absolute atomic E-state index is 0.0492. The Hall–Kier alpha value is -2.70. The van der Waals surface area contributed by atoms with Crippen LogP contribution in [0.4, 0.5) is 18.9 Å². The summed E-state index contributed by atoms with van der Waals surface area (Å²) < 4.78 is 44.3. The molecule has 0 unspecified atom stereocenters. The molecule has 4 nitrogen and oxygen atoms in total. The van der Waals surface area contributed by atoms with E-state index in [2.05, 4.69) is 0 Å². The van der Waals surface area contributed by atoms with Gasteiger partial charge in [-0.2, -0.15) is 13.2 Å². The van der Waals surface area contributed by atoms with Gasteiger partial charge in [0.25, 0.3) is 5.91 Å². The first kappa shape index (κ1) is 20.0. The number of nitrogens with zero attached hydrogens (tertiary/aromatic N) is 2. The molecule has 0 N–H and O–H groups in total. The van der Waals surface area contributed by atoms with Gasteiger partial charge in [-0.05, 0) is 55.3 Å². The van der Waals surface area contributed by atoms with E-state index in [1.807, 2.05) is 36.9 Å². The lowest BCUT2D eigenvalue weighted by atomic mass is 10.1. The van der Waals surface area contributed by atoms with E-state index in [-0.39, 0.29) is 12.5 Å². The number of halogens is 3. The molecule has 0 bridgehead atoms. The van der Waals surface area contributed by atoms with Gasteiger partial charge in [-0.15, -0.1) is 0 Å². The highest BCUT2D eigenvalue weighted by atomic mass is 19.4. The third-order valence-corrected chi connectivity index (χ3v) is 4.73. The molecule has 7 heteroatoms. The zero-order valence-electron chi connectivity index (χ0n) is 15.9. The zero-order valence-corrected chi connectivity index (χ0v) is 15.9. The van der Waals surface area contributed by atoms with Gasteiger partial charge in [0.2, 0.25) is 0 Å². The summed E-state index contributed by atoms with van der Waals surface area (Å²) in [6.07, 6.45) is -4.36. The second kappa shape index (κ2) is 8.12. The van der Waals surface area contributed by atoms with Crippen LogP contribution < -0.4 is 9.64 Å². The summed E-state index contributed by atoms with van der Waals surface area (Å²) in [4.78, 5) is 16.0. The molecule has 0 radical (unpaired) electrons. The Balaban J connectivity index is 1.54. The highest BCUT2D eigenvalue weighted by Crippen LogP contribution is 2.31. The molecule has 1 saturated heterocycles.